The quantitative estimate of drug-likeness (QED) is 0.630. The zero-order chi connectivity index (χ0) is 14.8. The number of carbonyl (C=O) groups is 1. The average molecular weight is 282 g/mol. The Morgan fingerprint density at radius 3 is 2.85 bits per heavy atom. The summed E-state index contributed by atoms with van der Waals surface area (Å²) in [6, 6.07) is 0. The van der Waals surface area contributed by atoms with Gasteiger partial charge in [-0.15, -0.1) is 5.10 Å². The highest BCUT2D eigenvalue weighted by molar-refractivity contribution is 5.66. The Kier molecular flexibility index (Phi) is 7.87. The number of hydrogen-bond donors (Lipinski definition) is 1. The third-order valence-electron chi connectivity index (χ3n) is 3.19. The van der Waals surface area contributed by atoms with Crippen LogP contribution in [0.3, 0.4) is 0 Å². The molecule has 0 atom stereocenters. The van der Waals surface area contributed by atoms with Crippen LogP contribution in [-0.2, 0) is 17.9 Å². The number of hydrogen-bond acceptors (Lipinski definition) is 4. The van der Waals surface area contributed by atoms with Crippen molar-refractivity contribution in [3.63, 3.8) is 0 Å². The summed E-state index contributed by atoms with van der Waals surface area (Å²) in [6.45, 7) is 4.91. The Morgan fingerprint density at radius 1 is 1.35 bits per heavy atom. The van der Waals surface area contributed by atoms with Crippen LogP contribution in [0.1, 0.15) is 51.1 Å². The van der Waals surface area contributed by atoms with Gasteiger partial charge in [-0.2, -0.15) is 0 Å². The summed E-state index contributed by atoms with van der Waals surface area (Å²) in [5, 5.41) is 16.8. The largest absolute Gasteiger partial charge is 0.481 e. The second-order valence-electron chi connectivity index (χ2n) is 5.27. The summed E-state index contributed by atoms with van der Waals surface area (Å²) >= 11 is 0. The van der Waals surface area contributed by atoms with Crippen molar-refractivity contribution in [3.05, 3.63) is 11.9 Å². The molecule has 0 saturated carbocycles. The maximum absolute atomic E-state index is 10.4. The standard InChI is InChI=1S/C14H26N4O2/c1-3-4-9-17(2)11-13-12-18(16-15-13)10-7-5-6-8-14(19)20/h12H,3-11H2,1-2H3,(H,19,20). The van der Waals surface area contributed by atoms with Crippen molar-refractivity contribution < 1.29 is 9.90 Å². The van der Waals surface area contributed by atoms with Gasteiger partial charge in [-0.25, -0.2) is 0 Å². The maximum atomic E-state index is 10.4. The van der Waals surface area contributed by atoms with Crippen molar-refractivity contribution in [3.8, 4) is 0 Å². The summed E-state index contributed by atoms with van der Waals surface area (Å²) in [5.74, 6) is -0.719. The lowest BCUT2D eigenvalue weighted by Crippen LogP contribution is -2.19. The van der Waals surface area contributed by atoms with Crippen LogP contribution in [0.15, 0.2) is 6.20 Å². The fraction of sp³-hybridized carbons (Fsp3) is 0.786. The normalized spacial score (nSPS) is 11.2. The topological polar surface area (TPSA) is 71.2 Å². The number of unbranched alkanes of at least 4 members (excludes halogenated alkanes) is 3. The van der Waals surface area contributed by atoms with Crippen LogP contribution in [-0.4, -0.2) is 44.6 Å². The van der Waals surface area contributed by atoms with E-state index in [-0.39, 0.29) is 6.42 Å². The molecule has 0 fully saturated rings. The zero-order valence-corrected chi connectivity index (χ0v) is 12.6. The van der Waals surface area contributed by atoms with Crippen molar-refractivity contribution >= 4 is 5.97 Å². The van der Waals surface area contributed by atoms with Gasteiger partial charge >= 0.3 is 5.97 Å². The summed E-state index contributed by atoms with van der Waals surface area (Å²) in [6.07, 6.45) is 7.24. The predicted octanol–water partition coefficient (Wildman–Crippen LogP) is 2.15. The van der Waals surface area contributed by atoms with E-state index in [0.29, 0.717) is 0 Å². The molecule has 1 rings (SSSR count). The van der Waals surface area contributed by atoms with Gasteiger partial charge in [-0.1, -0.05) is 25.0 Å². The van der Waals surface area contributed by atoms with Crippen LogP contribution in [0.25, 0.3) is 0 Å². The Morgan fingerprint density at radius 2 is 2.15 bits per heavy atom. The first-order valence-electron chi connectivity index (χ1n) is 7.41. The van der Waals surface area contributed by atoms with E-state index < -0.39 is 5.97 Å². The molecule has 0 spiro atoms. The molecule has 0 unspecified atom stereocenters. The fourth-order valence-electron chi connectivity index (χ4n) is 2.03. The Bertz CT molecular complexity index is 392. The van der Waals surface area contributed by atoms with Crippen molar-refractivity contribution in [1.29, 1.82) is 0 Å². The van der Waals surface area contributed by atoms with E-state index in [1.54, 1.807) is 0 Å². The van der Waals surface area contributed by atoms with Gasteiger partial charge in [0.15, 0.2) is 0 Å². The number of carboxylic acid groups (broad SMARTS) is 1. The molecule has 0 aromatic carbocycles. The molecule has 20 heavy (non-hydrogen) atoms. The number of aromatic nitrogens is 3. The summed E-state index contributed by atoms with van der Waals surface area (Å²) in [7, 11) is 2.10. The number of carboxylic acids is 1. The van der Waals surface area contributed by atoms with E-state index >= 15 is 0 Å². The molecule has 6 nitrogen and oxygen atoms in total. The second-order valence-corrected chi connectivity index (χ2v) is 5.27. The first kappa shape index (κ1) is 16.6. The Hall–Kier alpha value is -1.43. The van der Waals surface area contributed by atoms with E-state index in [1.165, 1.54) is 12.8 Å². The molecule has 1 heterocycles. The minimum Gasteiger partial charge on any atom is -0.481 e. The van der Waals surface area contributed by atoms with Gasteiger partial charge in [-0.05, 0) is 32.9 Å². The number of aliphatic carboxylic acids is 1. The van der Waals surface area contributed by atoms with Crippen molar-refractivity contribution in [2.45, 2.75) is 58.5 Å². The molecule has 0 bridgehead atoms. The molecule has 6 heteroatoms. The number of rotatable bonds is 11. The van der Waals surface area contributed by atoms with Crippen LogP contribution in [0.4, 0.5) is 0 Å². The smallest absolute Gasteiger partial charge is 0.303 e. The van der Waals surface area contributed by atoms with E-state index in [9.17, 15) is 4.79 Å². The molecular weight excluding hydrogens is 256 g/mol. The van der Waals surface area contributed by atoms with E-state index in [1.807, 2.05) is 10.9 Å². The molecule has 0 aliphatic heterocycles. The van der Waals surface area contributed by atoms with E-state index in [4.69, 9.17) is 5.11 Å². The zero-order valence-electron chi connectivity index (χ0n) is 12.6. The molecule has 0 radical (unpaired) electrons. The van der Waals surface area contributed by atoms with Crippen molar-refractivity contribution in [2.24, 2.45) is 0 Å². The lowest BCUT2D eigenvalue weighted by molar-refractivity contribution is -0.137. The summed E-state index contributed by atoms with van der Waals surface area (Å²) < 4.78 is 1.85. The summed E-state index contributed by atoms with van der Waals surface area (Å²) in [4.78, 5) is 12.6. The highest BCUT2D eigenvalue weighted by Gasteiger charge is 2.04. The first-order chi connectivity index (χ1) is 9.61. The van der Waals surface area contributed by atoms with Crippen LogP contribution >= 0.6 is 0 Å². The van der Waals surface area contributed by atoms with E-state index in [2.05, 4.69) is 29.2 Å². The third-order valence-corrected chi connectivity index (χ3v) is 3.19. The highest BCUT2D eigenvalue weighted by Crippen LogP contribution is 2.04. The van der Waals surface area contributed by atoms with Gasteiger partial charge in [0.1, 0.15) is 0 Å². The first-order valence-corrected chi connectivity index (χ1v) is 7.41. The predicted molar refractivity (Wildman–Crippen MR) is 77.4 cm³/mol. The summed E-state index contributed by atoms with van der Waals surface area (Å²) in [5.41, 5.74) is 0.995. The molecule has 0 saturated heterocycles. The minimum absolute atomic E-state index is 0.255. The molecule has 1 aromatic rings. The van der Waals surface area contributed by atoms with Crippen LogP contribution in [0.5, 0.6) is 0 Å². The lowest BCUT2D eigenvalue weighted by atomic mass is 10.2. The van der Waals surface area contributed by atoms with Crippen LogP contribution in [0.2, 0.25) is 0 Å². The molecule has 114 valence electrons. The molecule has 0 aliphatic rings. The van der Waals surface area contributed by atoms with Crippen molar-refractivity contribution in [1.82, 2.24) is 19.9 Å². The van der Waals surface area contributed by atoms with E-state index in [0.717, 1.165) is 44.6 Å². The van der Waals surface area contributed by atoms with Gasteiger partial charge in [0.25, 0.3) is 0 Å². The number of aryl methyl sites for hydroxylation is 1. The molecule has 0 amide bonds. The molecular formula is C14H26N4O2. The molecule has 1 aromatic heterocycles. The number of nitrogens with zero attached hydrogens (tertiary/aromatic N) is 4. The monoisotopic (exact) mass is 282 g/mol. The molecule has 1 N–H and O–H groups in total. The molecule has 0 aliphatic carbocycles. The highest BCUT2D eigenvalue weighted by atomic mass is 16.4. The Balaban J connectivity index is 2.20. The average Bonchev–Trinajstić information content (AvgIpc) is 2.83. The van der Waals surface area contributed by atoms with Gasteiger partial charge in [-0.3, -0.25) is 9.48 Å². The third kappa shape index (κ3) is 7.23. The lowest BCUT2D eigenvalue weighted by Gasteiger charge is -2.13. The van der Waals surface area contributed by atoms with Crippen LogP contribution < -0.4 is 0 Å². The van der Waals surface area contributed by atoms with Gasteiger partial charge in [0, 0.05) is 25.7 Å². The van der Waals surface area contributed by atoms with Crippen molar-refractivity contribution in [2.75, 3.05) is 13.6 Å². The fourth-order valence-corrected chi connectivity index (χ4v) is 2.03. The maximum Gasteiger partial charge on any atom is 0.303 e. The SMILES string of the molecule is CCCCN(C)Cc1cn(CCCCCC(=O)O)nn1. The van der Waals surface area contributed by atoms with Gasteiger partial charge < -0.3 is 10.0 Å². The Labute approximate surface area is 120 Å². The van der Waals surface area contributed by atoms with Gasteiger partial charge in [0.2, 0.25) is 0 Å². The van der Waals surface area contributed by atoms with Crippen LogP contribution in [0, 0.1) is 0 Å². The van der Waals surface area contributed by atoms with Gasteiger partial charge in [0.05, 0.1) is 5.69 Å². The second kappa shape index (κ2) is 9.47. The minimum atomic E-state index is -0.719.